The van der Waals surface area contributed by atoms with Crippen molar-refractivity contribution in [3.05, 3.63) is 6.20 Å². The molecule has 0 bridgehead atoms. The zero-order chi connectivity index (χ0) is 10.6. The maximum Gasteiger partial charge on any atom is 0.187 e. The molecule has 0 saturated heterocycles. The van der Waals surface area contributed by atoms with Crippen LogP contribution in [-0.4, -0.2) is 29.3 Å². The minimum atomic E-state index is 0.212. The van der Waals surface area contributed by atoms with Crippen molar-refractivity contribution in [2.24, 2.45) is 0 Å². The van der Waals surface area contributed by atoms with Crippen molar-refractivity contribution in [3.63, 3.8) is 0 Å². The minimum absolute atomic E-state index is 0.212. The van der Waals surface area contributed by atoms with Crippen LogP contribution in [0, 0.1) is 0 Å². The summed E-state index contributed by atoms with van der Waals surface area (Å²) in [6.45, 7) is 5.25. The highest BCUT2D eigenvalue weighted by Gasteiger charge is 2.13. The Morgan fingerprint density at radius 3 is 2.79 bits per heavy atom. The lowest BCUT2D eigenvalue weighted by molar-refractivity contribution is 0.288. The number of hydrogen-bond acceptors (Lipinski definition) is 5. The molecule has 0 unspecified atom stereocenters. The average Bonchev–Trinajstić information content (AvgIpc) is 2.52. The lowest BCUT2D eigenvalue weighted by Crippen LogP contribution is -2.32. The van der Waals surface area contributed by atoms with Gasteiger partial charge in [-0.2, -0.15) is 0 Å². The smallest absolute Gasteiger partial charge is 0.187 e. The third kappa shape index (κ3) is 2.85. The van der Waals surface area contributed by atoms with Gasteiger partial charge in [-0.05, 0) is 20.3 Å². The van der Waals surface area contributed by atoms with E-state index in [2.05, 4.69) is 23.7 Å². The van der Waals surface area contributed by atoms with Gasteiger partial charge in [0.25, 0.3) is 0 Å². The number of aromatic nitrogens is 1. The van der Waals surface area contributed by atoms with Gasteiger partial charge in [0.15, 0.2) is 5.13 Å². The van der Waals surface area contributed by atoms with E-state index in [1.165, 1.54) is 11.3 Å². The van der Waals surface area contributed by atoms with Crippen LogP contribution in [0.5, 0.6) is 0 Å². The van der Waals surface area contributed by atoms with E-state index in [0.717, 1.165) is 23.1 Å². The highest BCUT2D eigenvalue weighted by Crippen LogP contribution is 2.25. The molecule has 1 aromatic heterocycles. The second kappa shape index (κ2) is 5.17. The summed E-state index contributed by atoms with van der Waals surface area (Å²) in [6, 6.07) is 0.382. The summed E-state index contributed by atoms with van der Waals surface area (Å²) in [7, 11) is 0. The van der Waals surface area contributed by atoms with Gasteiger partial charge in [0, 0.05) is 19.2 Å². The van der Waals surface area contributed by atoms with E-state index in [1.54, 1.807) is 6.20 Å². The number of nitrogens with two attached hydrogens (primary N) is 1. The molecule has 0 aliphatic heterocycles. The van der Waals surface area contributed by atoms with Crippen LogP contribution in [0.15, 0.2) is 6.20 Å². The standard InChI is InChI=1S/C9H17N3OS/c1-7(2)12(4-3-5-13)9-11-6-8(10)14-9/h6-7,13H,3-5,10H2,1-2H3. The first kappa shape index (κ1) is 11.3. The predicted octanol–water partition coefficient (Wildman–Crippen LogP) is 1.32. The Balaban J connectivity index is 2.67. The summed E-state index contributed by atoms with van der Waals surface area (Å²) >= 11 is 1.49. The number of aliphatic hydroxyl groups is 1. The fourth-order valence-electron chi connectivity index (χ4n) is 1.23. The second-order valence-electron chi connectivity index (χ2n) is 3.41. The van der Waals surface area contributed by atoms with Gasteiger partial charge in [-0.1, -0.05) is 11.3 Å². The third-order valence-corrected chi connectivity index (χ3v) is 2.80. The van der Waals surface area contributed by atoms with Gasteiger partial charge in [-0.3, -0.25) is 0 Å². The Bertz CT molecular complexity index is 275. The molecule has 0 atom stereocenters. The van der Waals surface area contributed by atoms with Crippen LogP contribution in [-0.2, 0) is 0 Å². The number of nitrogens with zero attached hydrogens (tertiary/aromatic N) is 2. The van der Waals surface area contributed by atoms with Crippen molar-refractivity contribution in [1.29, 1.82) is 0 Å². The topological polar surface area (TPSA) is 62.4 Å². The van der Waals surface area contributed by atoms with Crippen LogP contribution in [0.25, 0.3) is 0 Å². The molecule has 0 fully saturated rings. The van der Waals surface area contributed by atoms with Crippen LogP contribution in [0.4, 0.5) is 10.1 Å². The molecule has 0 aromatic carbocycles. The number of rotatable bonds is 5. The SMILES string of the molecule is CC(C)N(CCCO)c1ncc(N)s1. The monoisotopic (exact) mass is 215 g/mol. The van der Waals surface area contributed by atoms with Gasteiger partial charge in [0.1, 0.15) is 5.00 Å². The Morgan fingerprint density at radius 2 is 2.36 bits per heavy atom. The molecule has 1 heterocycles. The van der Waals surface area contributed by atoms with Crippen LogP contribution in [0.2, 0.25) is 0 Å². The summed E-state index contributed by atoms with van der Waals surface area (Å²) in [5.74, 6) is 0. The highest BCUT2D eigenvalue weighted by atomic mass is 32.1. The predicted molar refractivity (Wildman–Crippen MR) is 60.7 cm³/mol. The van der Waals surface area contributed by atoms with Crippen LogP contribution >= 0.6 is 11.3 Å². The van der Waals surface area contributed by atoms with E-state index in [-0.39, 0.29) is 6.61 Å². The molecule has 1 aromatic rings. The average molecular weight is 215 g/mol. The van der Waals surface area contributed by atoms with E-state index in [4.69, 9.17) is 10.8 Å². The molecular formula is C9H17N3OS. The van der Waals surface area contributed by atoms with Crippen LogP contribution < -0.4 is 10.6 Å². The molecule has 1 rings (SSSR count). The van der Waals surface area contributed by atoms with Gasteiger partial charge in [0.2, 0.25) is 0 Å². The Labute approximate surface area is 88.4 Å². The summed E-state index contributed by atoms with van der Waals surface area (Å²) in [5.41, 5.74) is 5.63. The first-order chi connectivity index (χ1) is 6.65. The molecule has 0 aliphatic carbocycles. The molecule has 0 amide bonds. The molecule has 14 heavy (non-hydrogen) atoms. The molecule has 0 spiro atoms. The van der Waals surface area contributed by atoms with E-state index in [1.807, 2.05) is 0 Å². The van der Waals surface area contributed by atoms with Gasteiger partial charge in [0.05, 0.1) is 6.20 Å². The summed E-state index contributed by atoms with van der Waals surface area (Å²) in [5, 5.41) is 10.4. The molecule has 5 heteroatoms. The van der Waals surface area contributed by atoms with Gasteiger partial charge < -0.3 is 15.7 Å². The molecule has 4 nitrogen and oxygen atoms in total. The summed E-state index contributed by atoms with van der Waals surface area (Å²) < 4.78 is 0. The fraction of sp³-hybridized carbons (Fsp3) is 0.667. The fourth-order valence-corrected chi connectivity index (χ4v) is 2.07. The number of aliphatic hydroxyl groups excluding tert-OH is 1. The van der Waals surface area contributed by atoms with Crippen molar-refractivity contribution in [2.75, 3.05) is 23.8 Å². The highest BCUT2D eigenvalue weighted by molar-refractivity contribution is 7.19. The lowest BCUT2D eigenvalue weighted by Gasteiger charge is -2.25. The second-order valence-corrected chi connectivity index (χ2v) is 4.45. The van der Waals surface area contributed by atoms with Gasteiger partial charge in [-0.25, -0.2) is 4.98 Å². The number of hydrogen-bond donors (Lipinski definition) is 2. The van der Waals surface area contributed by atoms with E-state index >= 15 is 0 Å². The third-order valence-electron chi connectivity index (χ3n) is 1.94. The zero-order valence-corrected chi connectivity index (χ0v) is 9.42. The molecule has 0 aliphatic rings. The molecule has 3 N–H and O–H groups in total. The van der Waals surface area contributed by atoms with Crippen molar-refractivity contribution in [2.45, 2.75) is 26.3 Å². The van der Waals surface area contributed by atoms with E-state index in [9.17, 15) is 0 Å². The summed E-state index contributed by atoms with van der Waals surface area (Å²) in [6.07, 6.45) is 2.44. The Morgan fingerprint density at radius 1 is 1.64 bits per heavy atom. The molecule has 0 radical (unpaired) electrons. The zero-order valence-electron chi connectivity index (χ0n) is 8.60. The normalized spacial score (nSPS) is 10.9. The Kier molecular flexibility index (Phi) is 4.16. The van der Waals surface area contributed by atoms with Gasteiger partial charge in [-0.15, -0.1) is 0 Å². The molecule has 0 saturated carbocycles. The number of nitrogen functional groups attached to an aromatic ring is 1. The Hall–Kier alpha value is -0.810. The van der Waals surface area contributed by atoms with Crippen molar-refractivity contribution < 1.29 is 5.11 Å². The van der Waals surface area contributed by atoms with E-state index < -0.39 is 0 Å². The minimum Gasteiger partial charge on any atom is -0.396 e. The quantitative estimate of drug-likeness (QED) is 0.777. The van der Waals surface area contributed by atoms with Crippen LogP contribution in [0.3, 0.4) is 0 Å². The first-order valence-electron chi connectivity index (χ1n) is 4.74. The lowest BCUT2D eigenvalue weighted by atomic mass is 10.3. The maximum atomic E-state index is 8.78. The largest absolute Gasteiger partial charge is 0.396 e. The van der Waals surface area contributed by atoms with Crippen molar-refractivity contribution in [1.82, 2.24) is 4.98 Å². The maximum absolute atomic E-state index is 8.78. The van der Waals surface area contributed by atoms with Gasteiger partial charge >= 0.3 is 0 Å². The number of anilines is 2. The first-order valence-corrected chi connectivity index (χ1v) is 5.55. The van der Waals surface area contributed by atoms with Crippen molar-refractivity contribution >= 4 is 21.5 Å². The molecule has 80 valence electrons. The molecular weight excluding hydrogens is 198 g/mol. The van der Waals surface area contributed by atoms with E-state index in [0.29, 0.717) is 6.04 Å². The summed E-state index contributed by atoms with van der Waals surface area (Å²) in [4.78, 5) is 6.38. The number of thiazole rings is 1. The van der Waals surface area contributed by atoms with Crippen LogP contribution in [0.1, 0.15) is 20.3 Å². The van der Waals surface area contributed by atoms with Crippen molar-refractivity contribution in [3.8, 4) is 0 Å².